The predicted molar refractivity (Wildman–Crippen MR) is 125 cm³/mol. The molecule has 6 nitrogen and oxygen atoms in total. The topological polar surface area (TPSA) is 67.9 Å². The Morgan fingerprint density at radius 1 is 1.00 bits per heavy atom. The van der Waals surface area contributed by atoms with Crippen molar-refractivity contribution in [3.8, 4) is 11.5 Å². The second kappa shape index (κ2) is 11.6. The van der Waals surface area contributed by atoms with Crippen LogP contribution in [0.5, 0.6) is 11.5 Å². The lowest BCUT2D eigenvalue weighted by atomic mass is 10.1. The molecule has 2 amide bonds. The van der Waals surface area contributed by atoms with Crippen molar-refractivity contribution in [2.75, 3.05) is 32.8 Å². The fraction of sp³-hybridized carbons (Fsp3) is 0.462. The van der Waals surface area contributed by atoms with E-state index in [9.17, 15) is 9.59 Å². The van der Waals surface area contributed by atoms with E-state index in [0.717, 1.165) is 23.5 Å². The Balaban J connectivity index is 1.45. The standard InChI is InChI=1S/C26H34N2O4/c1-4-31-23-11-10-21(16-24(23)32-5-2)12-14-27-26(30)22-17-25(29)28(18-22)15-13-20-8-6-19(3)7-9-20/h6-11,16,22H,4-5,12-15,17-18H2,1-3H3,(H,27,30)/t22-/m1/s1. The second-order valence-corrected chi connectivity index (χ2v) is 8.16. The summed E-state index contributed by atoms with van der Waals surface area (Å²) < 4.78 is 11.3. The van der Waals surface area contributed by atoms with Crippen LogP contribution < -0.4 is 14.8 Å². The Morgan fingerprint density at radius 3 is 2.41 bits per heavy atom. The van der Waals surface area contributed by atoms with E-state index >= 15 is 0 Å². The summed E-state index contributed by atoms with van der Waals surface area (Å²) in [6, 6.07) is 14.2. The number of amides is 2. The molecule has 2 aromatic rings. The van der Waals surface area contributed by atoms with Crippen LogP contribution in [-0.2, 0) is 22.4 Å². The van der Waals surface area contributed by atoms with Gasteiger partial charge in [0, 0.05) is 26.1 Å². The highest BCUT2D eigenvalue weighted by Crippen LogP contribution is 2.28. The van der Waals surface area contributed by atoms with Crippen molar-refractivity contribution in [3.63, 3.8) is 0 Å². The zero-order valence-corrected chi connectivity index (χ0v) is 19.4. The highest BCUT2D eigenvalue weighted by molar-refractivity contribution is 5.89. The van der Waals surface area contributed by atoms with Gasteiger partial charge in [-0.25, -0.2) is 0 Å². The van der Waals surface area contributed by atoms with Crippen LogP contribution >= 0.6 is 0 Å². The Labute approximate surface area is 190 Å². The van der Waals surface area contributed by atoms with E-state index in [1.165, 1.54) is 11.1 Å². The lowest BCUT2D eigenvalue weighted by Crippen LogP contribution is -2.34. The van der Waals surface area contributed by atoms with E-state index in [-0.39, 0.29) is 24.2 Å². The lowest BCUT2D eigenvalue weighted by molar-refractivity contribution is -0.129. The normalized spacial score (nSPS) is 15.7. The Bertz CT molecular complexity index is 911. The molecule has 172 valence electrons. The summed E-state index contributed by atoms with van der Waals surface area (Å²) in [6.45, 7) is 8.75. The predicted octanol–water partition coefficient (Wildman–Crippen LogP) is 3.54. The summed E-state index contributed by atoms with van der Waals surface area (Å²) in [4.78, 5) is 26.8. The molecule has 0 aliphatic carbocycles. The van der Waals surface area contributed by atoms with Gasteiger partial charge in [0.15, 0.2) is 11.5 Å². The van der Waals surface area contributed by atoms with Crippen molar-refractivity contribution in [3.05, 3.63) is 59.2 Å². The number of carbonyl (C=O) groups excluding carboxylic acids is 2. The number of benzene rings is 2. The molecule has 1 aliphatic heterocycles. The number of aryl methyl sites for hydroxylation is 1. The van der Waals surface area contributed by atoms with Gasteiger partial charge in [-0.05, 0) is 56.9 Å². The lowest BCUT2D eigenvalue weighted by Gasteiger charge is -2.17. The van der Waals surface area contributed by atoms with E-state index in [2.05, 4.69) is 36.5 Å². The van der Waals surface area contributed by atoms with Crippen LogP contribution in [0, 0.1) is 12.8 Å². The van der Waals surface area contributed by atoms with Crippen LogP contribution in [0.4, 0.5) is 0 Å². The molecule has 3 rings (SSSR count). The van der Waals surface area contributed by atoms with Crippen molar-refractivity contribution in [1.29, 1.82) is 0 Å². The van der Waals surface area contributed by atoms with Gasteiger partial charge in [-0.15, -0.1) is 0 Å². The van der Waals surface area contributed by atoms with Gasteiger partial charge in [0.2, 0.25) is 11.8 Å². The Morgan fingerprint density at radius 2 is 1.69 bits per heavy atom. The van der Waals surface area contributed by atoms with Crippen LogP contribution in [0.2, 0.25) is 0 Å². The molecule has 1 N–H and O–H groups in total. The smallest absolute Gasteiger partial charge is 0.225 e. The van der Waals surface area contributed by atoms with E-state index in [4.69, 9.17) is 9.47 Å². The minimum absolute atomic E-state index is 0.0489. The number of hydrogen-bond acceptors (Lipinski definition) is 4. The largest absolute Gasteiger partial charge is 0.490 e. The van der Waals surface area contributed by atoms with Crippen LogP contribution in [0.25, 0.3) is 0 Å². The molecule has 0 radical (unpaired) electrons. The molecular weight excluding hydrogens is 404 g/mol. The van der Waals surface area contributed by atoms with Gasteiger partial charge in [-0.2, -0.15) is 0 Å². The van der Waals surface area contributed by atoms with Gasteiger partial charge in [-0.3, -0.25) is 9.59 Å². The summed E-state index contributed by atoms with van der Waals surface area (Å²) in [5.74, 6) is 1.19. The summed E-state index contributed by atoms with van der Waals surface area (Å²) in [6.07, 6.45) is 1.79. The van der Waals surface area contributed by atoms with Gasteiger partial charge in [0.05, 0.1) is 19.1 Å². The van der Waals surface area contributed by atoms with Gasteiger partial charge >= 0.3 is 0 Å². The maximum atomic E-state index is 12.6. The highest BCUT2D eigenvalue weighted by atomic mass is 16.5. The van der Waals surface area contributed by atoms with Crippen molar-refractivity contribution in [2.45, 2.75) is 40.0 Å². The van der Waals surface area contributed by atoms with Gasteiger partial charge in [0.25, 0.3) is 0 Å². The first-order chi connectivity index (χ1) is 15.5. The van der Waals surface area contributed by atoms with Crippen molar-refractivity contribution in [2.24, 2.45) is 5.92 Å². The minimum Gasteiger partial charge on any atom is -0.490 e. The number of carbonyl (C=O) groups is 2. The monoisotopic (exact) mass is 438 g/mol. The van der Waals surface area contributed by atoms with Gasteiger partial charge in [-0.1, -0.05) is 35.9 Å². The number of ether oxygens (including phenoxy) is 2. The average Bonchev–Trinajstić information content (AvgIpc) is 3.16. The summed E-state index contributed by atoms with van der Waals surface area (Å²) >= 11 is 0. The van der Waals surface area contributed by atoms with Crippen LogP contribution in [0.15, 0.2) is 42.5 Å². The maximum absolute atomic E-state index is 12.6. The first-order valence-electron chi connectivity index (χ1n) is 11.5. The minimum atomic E-state index is -0.278. The van der Waals surface area contributed by atoms with Crippen LogP contribution in [0.3, 0.4) is 0 Å². The quantitative estimate of drug-likeness (QED) is 0.583. The zero-order valence-electron chi connectivity index (χ0n) is 19.4. The van der Waals surface area contributed by atoms with Crippen LogP contribution in [0.1, 0.15) is 37.0 Å². The summed E-state index contributed by atoms with van der Waals surface area (Å²) in [5.41, 5.74) is 3.50. The third-order valence-corrected chi connectivity index (χ3v) is 5.70. The highest BCUT2D eigenvalue weighted by Gasteiger charge is 2.33. The van der Waals surface area contributed by atoms with Gasteiger partial charge < -0.3 is 19.7 Å². The first-order valence-corrected chi connectivity index (χ1v) is 11.5. The maximum Gasteiger partial charge on any atom is 0.225 e. The molecule has 1 aliphatic rings. The number of rotatable bonds is 11. The molecule has 0 unspecified atom stereocenters. The zero-order chi connectivity index (χ0) is 22.9. The molecule has 0 saturated carbocycles. The Kier molecular flexibility index (Phi) is 8.54. The third kappa shape index (κ3) is 6.49. The van der Waals surface area contributed by atoms with E-state index in [1.807, 2.05) is 36.9 Å². The average molecular weight is 439 g/mol. The fourth-order valence-corrected chi connectivity index (χ4v) is 3.91. The number of nitrogens with one attached hydrogen (secondary N) is 1. The summed E-state index contributed by atoms with van der Waals surface area (Å²) in [5, 5.41) is 3.00. The molecule has 32 heavy (non-hydrogen) atoms. The fourth-order valence-electron chi connectivity index (χ4n) is 3.91. The van der Waals surface area contributed by atoms with Crippen molar-refractivity contribution in [1.82, 2.24) is 10.2 Å². The molecule has 0 aromatic heterocycles. The van der Waals surface area contributed by atoms with E-state index in [1.54, 1.807) is 0 Å². The third-order valence-electron chi connectivity index (χ3n) is 5.70. The molecule has 6 heteroatoms. The van der Waals surface area contributed by atoms with E-state index in [0.29, 0.717) is 39.3 Å². The molecule has 1 saturated heterocycles. The molecule has 0 spiro atoms. The second-order valence-electron chi connectivity index (χ2n) is 8.16. The Hall–Kier alpha value is -3.02. The molecule has 0 bridgehead atoms. The molecular formula is C26H34N2O4. The molecule has 1 heterocycles. The SMILES string of the molecule is CCOc1ccc(CCNC(=O)[C@@H]2CC(=O)N(CCc3ccc(C)cc3)C2)cc1OCC. The van der Waals surface area contributed by atoms with Crippen molar-refractivity contribution >= 4 is 11.8 Å². The molecule has 1 atom stereocenters. The number of likely N-dealkylation sites (tertiary alicyclic amines) is 1. The number of hydrogen-bond donors (Lipinski definition) is 1. The first kappa shape index (κ1) is 23.6. The summed E-state index contributed by atoms with van der Waals surface area (Å²) in [7, 11) is 0. The van der Waals surface area contributed by atoms with Gasteiger partial charge in [0.1, 0.15) is 0 Å². The molecule has 2 aromatic carbocycles. The van der Waals surface area contributed by atoms with Crippen molar-refractivity contribution < 1.29 is 19.1 Å². The van der Waals surface area contributed by atoms with E-state index < -0.39 is 0 Å². The van der Waals surface area contributed by atoms with Crippen LogP contribution in [-0.4, -0.2) is 49.6 Å². The number of nitrogens with zero attached hydrogens (tertiary/aromatic N) is 1. The molecule has 1 fully saturated rings.